The minimum atomic E-state index is 0.128. The first-order valence-electron chi connectivity index (χ1n) is 7.44. The van der Waals surface area contributed by atoms with E-state index in [0.717, 1.165) is 38.4 Å². The van der Waals surface area contributed by atoms with Crippen molar-refractivity contribution < 1.29 is 4.79 Å². The standard InChI is InChI=1S/C14H25N5O/c1-3-11(2)18-14(20)5-6-15-8-12-9-16-13-4-7-17-19(13)10-12/h4,7,11-12,15-16H,3,5-6,8-10H2,1-2H3,(H,18,20)/t11-,12+/m1/s1. The van der Waals surface area contributed by atoms with Gasteiger partial charge in [-0.15, -0.1) is 0 Å². The summed E-state index contributed by atoms with van der Waals surface area (Å²) in [5, 5.41) is 14.0. The maximum absolute atomic E-state index is 11.6. The Labute approximate surface area is 120 Å². The Bertz CT molecular complexity index is 431. The van der Waals surface area contributed by atoms with E-state index in [9.17, 15) is 4.79 Å². The topological polar surface area (TPSA) is 71.0 Å². The first-order valence-corrected chi connectivity index (χ1v) is 7.44. The Morgan fingerprint density at radius 1 is 1.65 bits per heavy atom. The third-order valence-corrected chi connectivity index (χ3v) is 3.70. The zero-order valence-corrected chi connectivity index (χ0v) is 12.4. The third kappa shape index (κ3) is 4.23. The maximum atomic E-state index is 11.6. The lowest BCUT2D eigenvalue weighted by Gasteiger charge is -2.25. The quantitative estimate of drug-likeness (QED) is 0.646. The predicted octanol–water partition coefficient (Wildman–Crippen LogP) is 0.819. The average molecular weight is 279 g/mol. The normalized spacial score (nSPS) is 19.0. The van der Waals surface area contributed by atoms with Crippen LogP contribution in [0.3, 0.4) is 0 Å². The largest absolute Gasteiger partial charge is 0.370 e. The molecule has 0 saturated carbocycles. The fourth-order valence-corrected chi connectivity index (χ4v) is 2.28. The molecule has 1 aromatic rings. The summed E-state index contributed by atoms with van der Waals surface area (Å²) >= 11 is 0. The zero-order valence-electron chi connectivity index (χ0n) is 12.4. The van der Waals surface area contributed by atoms with Gasteiger partial charge in [0.1, 0.15) is 5.82 Å². The van der Waals surface area contributed by atoms with Gasteiger partial charge in [-0.3, -0.25) is 4.79 Å². The van der Waals surface area contributed by atoms with Crippen LogP contribution in [0.2, 0.25) is 0 Å². The van der Waals surface area contributed by atoms with Crippen LogP contribution in [0.15, 0.2) is 12.3 Å². The van der Waals surface area contributed by atoms with Crippen molar-refractivity contribution in [2.24, 2.45) is 5.92 Å². The van der Waals surface area contributed by atoms with Gasteiger partial charge in [-0.1, -0.05) is 6.92 Å². The monoisotopic (exact) mass is 279 g/mol. The highest BCUT2D eigenvalue weighted by Crippen LogP contribution is 2.15. The van der Waals surface area contributed by atoms with Crippen LogP contribution in [-0.4, -0.2) is 41.4 Å². The molecular formula is C14H25N5O. The van der Waals surface area contributed by atoms with Crippen molar-refractivity contribution in [2.45, 2.75) is 39.3 Å². The van der Waals surface area contributed by atoms with Crippen molar-refractivity contribution in [2.75, 3.05) is 25.0 Å². The van der Waals surface area contributed by atoms with Crippen molar-refractivity contribution in [1.82, 2.24) is 20.4 Å². The molecule has 0 bridgehead atoms. The minimum Gasteiger partial charge on any atom is -0.370 e. The number of fused-ring (bicyclic) bond motifs is 1. The molecule has 0 aliphatic carbocycles. The van der Waals surface area contributed by atoms with Gasteiger partial charge in [0.05, 0.1) is 6.20 Å². The maximum Gasteiger partial charge on any atom is 0.221 e. The van der Waals surface area contributed by atoms with Gasteiger partial charge in [-0.2, -0.15) is 5.10 Å². The molecule has 1 aromatic heterocycles. The van der Waals surface area contributed by atoms with Gasteiger partial charge < -0.3 is 16.0 Å². The molecule has 1 aliphatic heterocycles. The van der Waals surface area contributed by atoms with Crippen LogP contribution in [0.5, 0.6) is 0 Å². The molecule has 112 valence electrons. The molecule has 0 radical (unpaired) electrons. The molecule has 0 fully saturated rings. The number of carbonyl (C=O) groups is 1. The van der Waals surface area contributed by atoms with E-state index in [1.165, 1.54) is 0 Å². The number of anilines is 1. The highest BCUT2D eigenvalue weighted by atomic mass is 16.1. The lowest BCUT2D eigenvalue weighted by atomic mass is 10.1. The summed E-state index contributed by atoms with van der Waals surface area (Å²) in [5.74, 6) is 1.73. The van der Waals surface area contributed by atoms with E-state index in [-0.39, 0.29) is 11.9 Å². The van der Waals surface area contributed by atoms with Gasteiger partial charge in [0.2, 0.25) is 5.91 Å². The van der Waals surface area contributed by atoms with Crippen LogP contribution in [0.1, 0.15) is 26.7 Å². The lowest BCUT2D eigenvalue weighted by molar-refractivity contribution is -0.121. The Kier molecular flexibility index (Phi) is 5.40. The summed E-state index contributed by atoms with van der Waals surface area (Å²) in [4.78, 5) is 11.6. The van der Waals surface area contributed by atoms with E-state index in [2.05, 4.69) is 28.0 Å². The lowest BCUT2D eigenvalue weighted by Crippen LogP contribution is -2.37. The van der Waals surface area contributed by atoms with Crippen molar-refractivity contribution in [3.8, 4) is 0 Å². The Balaban J connectivity index is 1.59. The van der Waals surface area contributed by atoms with E-state index in [1.807, 2.05) is 23.9 Å². The van der Waals surface area contributed by atoms with Gasteiger partial charge in [0.15, 0.2) is 0 Å². The molecule has 0 aromatic carbocycles. The van der Waals surface area contributed by atoms with Gasteiger partial charge in [-0.25, -0.2) is 4.68 Å². The number of nitrogens with zero attached hydrogens (tertiary/aromatic N) is 2. The van der Waals surface area contributed by atoms with Gasteiger partial charge >= 0.3 is 0 Å². The number of nitrogens with one attached hydrogen (secondary N) is 3. The molecule has 2 heterocycles. The molecule has 1 aliphatic rings. The van der Waals surface area contributed by atoms with E-state index in [1.54, 1.807) is 0 Å². The second kappa shape index (κ2) is 7.28. The highest BCUT2D eigenvalue weighted by Gasteiger charge is 2.17. The molecule has 0 spiro atoms. The van der Waals surface area contributed by atoms with Gasteiger partial charge in [0.25, 0.3) is 0 Å². The molecule has 6 heteroatoms. The Morgan fingerprint density at radius 2 is 2.50 bits per heavy atom. The van der Waals surface area contributed by atoms with Crippen LogP contribution in [0.25, 0.3) is 0 Å². The number of amides is 1. The predicted molar refractivity (Wildman–Crippen MR) is 79.6 cm³/mol. The zero-order chi connectivity index (χ0) is 14.4. The van der Waals surface area contributed by atoms with Crippen molar-refractivity contribution in [3.63, 3.8) is 0 Å². The highest BCUT2D eigenvalue weighted by molar-refractivity contribution is 5.76. The van der Waals surface area contributed by atoms with Gasteiger partial charge in [0, 0.05) is 50.6 Å². The molecule has 2 atom stereocenters. The molecule has 0 saturated heterocycles. The van der Waals surface area contributed by atoms with Crippen LogP contribution in [0, 0.1) is 5.92 Å². The molecule has 3 N–H and O–H groups in total. The smallest absolute Gasteiger partial charge is 0.221 e. The van der Waals surface area contributed by atoms with Crippen molar-refractivity contribution in [1.29, 1.82) is 0 Å². The van der Waals surface area contributed by atoms with E-state index in [4.69, 9.17) is 0 Å². The molecule has 0 unspecified atom stereocenters. The summed E-state index contributed by atoms with van der Waals surface area (Å²) in [5.41, 5.74) is 0. The fraction of sp³-hybridized carbons (Fsp3) is 0.714. The van der Waals surface area contributed by atoms with Crippen LogP contribution >= 0.6 is 0 Å². The van der Waals surface area contributed by atoms with Gasteiger partial charge in [-0.05, 0) is 13.3 Å². The molecule has 1 amide bonds. The number of hydrogen-bond donors (Lipinski definition) is 3. The summed E-state index contributed by atoms with van der Waals surface area (Å²) in [6.07, 6.45) is 3.33. The average Bonchev–Trinajstić information content (AvgIpc) is 2.91. The van der Waals surface area contributed by atoms with Crippen LogP contribution < -0.4 is 16.0 Å². The van der Waals surface area contributed by atoms with Crippen LogP contribution in [0.4, 0.5) is 5.82 Å². The van der Waals surface area contributed by atoms with E-state index in [0.29, 0.717) is 12.3 Å². The Hall–Kier alpha value is -1.56. The number of hydrogen-bond acceptors (Lipinski definition) is 4. The SMILES string of the molecule is CC[C@@H](C)NC(=O)CCNC[C@H]1CNc2ccnn2C1. The summed E-state index contributed by atoms with van der Waals surface area (Å²) in [7, 11) is 0. The second-order valence-electron chi connectivity index (χ2n) is 5.48. The summed E-state index contributed by atoms with van der Waals surface area (Å²) in [6, 6.07) is 2.26. The van der Waals surface area contributed by atoms with E-state index >= 15 is 0 Å². The van der Waals surface area contributed by atoms with E-state index < -0.39 is 0 Å². The second-order valence-corrected chi connectivity index (χ2v) is 5.48. The molecule has 20 heavy (non-hydrogen) atoms. The van der Waals surface area contributed by atoms with Crippen LogP contribution in [-0.2, 0) is 11.3 Å². The fourth-order valence-electron chi connectivity index (χ4n) is 2.28. The van der Waals surface area contributed by atoms with Crippen molar-refractivity contribution in [3.05, 3.63) is 12.3 Å². The molecule has 6 nitrogen and oxygen atoms in total. The first kappa shape index (κ1) is 14.8. The minimum absolute atomic E-state index is 0.128. The van der Waals surface area contributed by atoms with Crippen molar-refractivity contribution >= 4 is 11.7 Å². The molecule has 2 rings (SSSR count). The number of rotatable bonds is 7. The number of aromatic nitrogens is 2. The first-order chi connectivity index (χ1) is 9.69. The third-order valence-electron chi connectivity index (χ3n) is 3.70. The number of carbonyl (C=O) groups excluding carboxylic acids is 1. The molecular weight excluding hydrogens is 254 g/mol. The summed E-state index contributed by atoms with van der Waals surface area (Å²) in [6.45, 7) is 7.62. The summed E-state index contributed by atoms with van der Waals surface area (Å²) < 4.78 is 1.99. The Morgan fingerprint density at radius 3 is 3.30 bits per heavy atom.